The van der Waals surface area contributed by atoms with Gasteiger partial charge in [0, 0.05) is 24.2 Å². The molecular weight excluding hydrogens is 218 g/mol. The van der Waals surface area contributed by atoms with E-state index in [-0.39, 0.29) is 11.7 Å². The van der Waals surface area contributed by atoms with Crippen molar-refractivity contribution in [1.29, 1.82) is 0 Å². The van der Waals surface area contributed by atoms with Crippen molar-refractivity contribution in [1.82, 2.24) is 4.90 Å². The molecule has 0 bridgehead atoms. The van der Waals surface area contributed by atoms with Crippen molar-refractivity contribution in [2.75, 3.05) is 13.1 Å². The van der Waals surface area contributed by atoms with Gasteiger partial charge in [0.15, 0.2) is 5.84 Å². The first kappa shape index (κ1) is 11.4. The molecule has 17 heavy (non-hydrogen) atoms. The number of carbonyl (C=O) groups excluding carboxylic acids is 1. The second kappa shape index (κ2) is 4.86. The van der Waals surface area contributed by atoms with Gasteiger partial charge in [-0.2, -0.15) is 0 Å². The first-order valence-electron chi connectivity index (χ1n) is 5.59. The fourth-order valence-corrected chi connectivity index (χ4v) is 1.94. The van der Waals surface area contributed by atoms with Crippen molar-refractivity contribution >= 4 is 11.7 Å². The molecule has 3 N–H and O–H groups in total. The quantitative estimate of drug-likeness (QED) is 0.346. The van der Waals surface area contributed by atoms with Crippen LogP contribution in [0.5, 0.6) is 0 Å². The number of carbonyl (C=O) groups is 1. The summed E-state index contributed by atoms with van der Waals surface area (Å²) in [6.45, 7) is 1.67. The molecule has 1 fully saturated rings. The van der Waals surface area contributed by atoms with Crippen LogP contribution in [0.15, 0.2) is 29.4 Å². The van der Waals surface area contributed by atoms with E-state index in [0.717, 1.165) is 25.9 Å². The molecule has 90 valence electrons. The van der Waals surface area contributed by atoms with Crippen molar-refractivity contribution in [3.63, 3.8) is 0 Å². The van der Waals surface area contributed by atoms with E-state index >= 15 is 0 Å². The summed E-state index contributed by atoms with van der Waals surface area (Å²) in [7, 11) is 0. The van der Waals surface area contributed by atoms with Crippen LogP contribution in [-0.2, 0) is 0 Å². The highest BCUT2D eigenvalue weighted by atomic mass is 16.4. The van der Waals surface area contributed by atoms with Gasteiger partial charge in [-0.1, -0.05) is 17.3 Å². The van der Waals surface area contributed by atoms with Gasteiger partial charge >= 0.3 is 0 Å². The molecule has 1 amide bonds. The Morgan fingerprint density at radius 2 is 1.71 bits per heavy atom. The van der Waals surface area contributed by atoms with Gasteiger partial charge in [0.05, 0.1) is 0 Å². The predicted molar refractivity (Wildman–Crippen MR) is 64.1 cm³/mol. The number of amides is 1. The SMILES string of the molecule is N/C(=N\O)c1ccc(C(=O)N2CCCC2)cc1. The summed E-state index contributed by atoms with van der Waals surface area (Å²) in [6.07, 6.45) is 2.15. The van der Waals surface area contributed by atoms with E-state index < -0.39 is 0 Å². The lowest BCUT2D eigenvalue weighted by Crippen LogP contribution is -2.27. The predicted octanol–water partition coefficient (Wildman–Crippen LogP) is 1.02. The van der Waals surface area contributed by atoms with E-state index in [1.165, 1.54) is 0 Å². The summed E-state index contributed by atoms with van der Waals surface area (Å²) in [5.41, 5.74) is 6.69. The Labute approximate surface area is 99.5 Å². The second-order valence-corrected chi connectivity index (χ2v) is 4.06. The van der Waals surface area contributed by atoms with Crippen LogP contribution in [0.3, 0.4) is 0 Å². The van der Waals surface area contributed by atoms with Crippen molar-refractivity contribution in [2.45, 2.75) is 12.8 Å². The number of amidine groups is 1. The molecule has 0 saturated carbocycles. The van der Waals surface area contributed by atoms with Crippen molar-refractivity contribution in [3.8, 4) is 0 Å². The third-order valence-electron chi connectivity index (χ3n) is 2.93. The molecule has 0 unspecified atom stereocenters. The summed E-state index contributed by atoms with van der Waals surface area (Å²) >= 11 is 0. The van der Waals surface area contributed by atoms with E-state index in [9.17, 15) is 4.79 Å². The van der Waals surface area contributed by atoms with Gasteiger partial charge in [-0.25, -0.2) is 0 Å². The minimum Gasteiger partial charge on any atom is -0.409 e. The number of oxime groups is 1. The average molecular weight is 233 g/mol. The Balaban J connectivity index is 2.14. The maximum Gasteiger partial charge on any atom is 0.253 e. The Bertz CT molecular complexity index is 434. The third kappa shape index (κ3) is 2.38. The number of hydrogen-bond donors (Lipinski definition) is 2. The lowest BCUT2D eigenvalue weighted by atomic mass is 10.1. The standard InChI is InChI=1S/C12H15N3O2/c13-11(14-17)9-3-5-10(6-4-9)12(16)15-7-1-2-8-15/h3-6,17H,1-2,7-8H2,(H2,13,14). The largest absolute Gasteiger partial charge is 0.409 e. The van der Waals surface area contributed by atoms with Crippen LogP contribution in [0.1, 0.15) is 28.8 Å². The zero-order chi connectivity index (χ0) is 12.3. The molecule has 0 radical (unpaired) electrons. The Kier molecular flexibility index (Phi) is 3.27. The molecule has 1 heterocycles. The highest BCUT2D eigenvalue weighted by molar-refractivity contribution is 5.99. The van der Waals surface area contributed by atoms with E-state index in [4.69, 9.17) is 10.9 Å². The topological polar surface area (TPSA) is 78.9 Å². The van der Waals surface area contributed by atoms with Gasteiger partial charge in [0.25, 0.3) is 5.91 Å². The molecule has 1 aromatic rings. The van der Waals surface area contributed by atoms with Gasteiger partial charge in [-0.15, -0.1) is 0 Å². The number of hydrogen-bond acceptors (Lipinski definition) is 3. The van der Waals surface area contributed by atoms with E-state index in [2.05, 4.69) is 5.16 Å². The van der Waals surface area contributed by atoms with Crippen LogP contribution in [0, 0.1) is 0 Å². The van der Waals surface area contributed by atoms with Crippen LogP contribution < -0.4 is 5.73 Å². The van der Waals surface area contributed by atoms with Crippen LogP contribution in [0.2, 0.25) is 0 Å². The molecule has 1 aromatic carbocycles. The molecule has 0 atom stereocenters. The summed E-state index contributed by atoms with van der Waals surface area (Å²) < 4.78 is 0. The summed E-state index contributed by atoms with van der Waals surface area (Å²) in [5.74, 6) is 0.0960. The van der Waals surface area contributed by atoms with Gasteiger partial charge < -0.3 is 15.8 Å². The van der Waals surface area contributed by atoms with Crippen LogP contribution in [0.4, 0.5) is 0 Å². The Morgan fingerprint density at radius 1 is 1.18 bits per heavy atom. The molecule has 0 aromatic heterocycles. The van der Waals surface area contributed by atoms with Crippen molar-refractivity contribution in [2.24, 2.45) is 10.9 Å². The smallest absolute Gasteiger partial charge is 0.253 e. The van der Waals surface area contributed by atoms with Gasteiger partial charge in [0.1, 0.15) is 0 Å². The molecule has 2 rings (SSSR count). The molecule has 0 aliphatic carbocycles. The molecule has 1 saturated heterocycles. The second-order valence-electron chi connectivity index (χ2n) is 4.06. The lowest BCUT2D eigenvalue weighted by molar-refractivity contribution is 0.0793. The molecule has 5 heteroatoms. The number of benzene rings is 1. The molecule has 0 spiro atoms. The van der Waals surface area contributed by atoms with Crippen LogP contribution in [0.25, 0.3) is 0 Å². The van der Waals surface area contributed by atoms with Crippen molar-refractivity contribution in [3.05, 3.63) is 35.4 Å². The average Bonchev–Trinajstić information content (AvgIpc) is 2.91. The maximum absolute atomic E-state index is 12.0. The maximum atomic E-state index is 12.0. The number of likely N-dealkylation sites (tertiary alicyclic amines) is 1. The fraction of sp³-hybridized carbons (Fsp3) is 0.333. The Hall–Kier alpha value is -2.04. The Morgan fingerprint density at radius 3 is 2.24 bits per heavy atom. The minimum atomic E-state index is 0.0465. The van der Waals surface area contributed by atoms with Crippen molar-refractivity contribution < 1.29 is 10.0 Å². The first-order valence-corrected chi connectivity index (χ1v) is 5.59. The molecule has 1 aliphatic rings. The number of rotatable bonds is 2. The lowest BCUT2D eigenvalue weighted by Gasteiger charge is -2.15. The summed E-state index contributed by atoms with van der Waals surface area (Å²) in [4.78, 5) is 13.9. The third-order valence-corrected chi connectivity index (χ3v) is 2.93. The van der Waals surface area contributed by atoms with Gasteiger partial charge in [0.2, 0.25) is 0 Å². The highest BCUT2D eigenvalue weighted by Gasteiger charge is 2.19. The van der Waals surface area contributed by atoms with Crippen LogP contribution in [-0.4, -0.2) is 34.9 Å². The van der Waals surface area contributed by atoms with Gasteiger partial charge in [-0.05, 0) is 25.0 Å². The first-order chi connectivity index (χ1) is 8.22. The minimum absolute atomic E-state index is 0.0465. The number of nitrogens with zero attached hydrogens (tertiary/aromatic N) is 2. The molecule has 5 nitrogen and oxygen atoms in total. The monoisotopic (exact) mass is 233 g/mol. The normalized spacial score (nSPS) is 16.2. The summed E-state index contributed by atoms with van der Waals surface area (Å²) in [5, 5.41) is 11.4. The van der Waals surface area contributed by atoms with Gasteiger partial charge in [-0.3, -0.25) is 4.79 Å². The zero-order valence-electron chi connectivity index (χ0n) is 9.47. The fourth-order valence-electron chi connectivity index (χ4n) is 1.94. The number of nitrogens with two attached hydrogens (primary N) is 1. The highest BCUT2D eigenvalue weighted by Crippen LogP contribution is 2.13. The van der Waals surface area contributed by atoms with E-state index in [0.29, 0.717) is 11.1 Å². The van der Waals surface area contributed by atoms with E-state index in [1.807, 2.05) is 4.90 Å². The van der Waals surface area contributed by atoms with Crippen LogP contribution >= 0.6 is 0 Å². The molecule has 1 aliphatic heterocycles. The summed E-state index contributed by atoms with van der Waals surface area (Å²) in [6, 6.07) is 6.76. The zero-order valence-corrected chi connectivity index (χ0v) is 9.47. The van der Waals surface area contributed by atoms with E-state index in [1.54, 1.807) is 24.3 Å². The molecular formula is C12H15N3O2.